The fourth-order valence-corrected chi connectivity index (χ4v) is 5.36. The first-order chi connectivity index (χ1) is 21.2. The largest absolute Gasteiger partial charge is 0.444 e. The summed E-state index contributed by atoms with van der Waals surface area (Å²) in [6.07, 6.45) is 6.54. The number of ether oxygens (including phenoxy) is 1. The van der Waals surface area contributed by atoms with Crippen molar-refractivity contribution in [3.8, 4) is 5.82 Å². The quantitative estimate of drug-likeness (QED) is 0.195. The average molecular weight is 611 g/mol. The van der Waals surface area contributed by atoms with Crippen LogP contribution in [0.4, 0.5) is 16.4 Å². The van der Waals surface area contributed by atoms with Gasteiger partial charge in [-0.2, -0.15) is 4.98 Å². The van der Waals surface area contributed by atoms with Gasteiger partial charge in [0.05, 0.1) is 17.8 Å². The second-order valence-electron chi connectivity index (χ2n) is 13.1. The average Bonchev–Trinajstić information content (AvgIpc) is 3.50. The van der Waals surface area contributed by atoms with Gasteiger partial charge in [0.15, 0.2) is 11.5 Å². The molecule has 1 aliphatic carbocycles. The SMILES string of the molecule is C=CCn1c(=O)c2cnc(Nc3ccc4c(ccn4CC4(NC(=O)OC(C)(C)C)CC4)c3)nc2n1-c1cccc(C(C)(C)O)n1. The molecule has 4 aromatic heterocycles. The lowest BCUT2D eigenvalue weighted by Gasteiger charge is -2.24. The lowest BCUT2D eigenvalue weighted by atomic mass is 10.1. The Morgan fingerprint density at radius 2 is 1.91 bits per heavy atom. The second kappa shape index (κ2) is 10.9. The molecule has 5 aromatic rings. The Kier molecular flexibility index (Phi) is 7.27. The molecular weight excluding hydrogens is 572 g/mol. The molecule has 0 unspecified atom stereocenters. The molecule has 6 rings (SSSR count). The van der Waals surface area contributed by atoms with E-state index in [2.05, 4.69) is 31.7 Å². The van der Waals surface area contributed by atoms with E-state index in [0.29, 0.717) is 35.0 Å². The van der Waals surface area contributed by atoms with Crippen molar-refractivity contribution >= 4 is 39.7 Å². The minimum absolute atomic E-state index is 0.231. The van der Waals surface area contributed by atoms with Gasteiger partial charge in [-0.05, 0) is 83.9 Å². The number of rotatable bonds is 9. The summed E-state index contributed by atoms with van der Waals surface area (Å²) in [6, 6.07) is 13.3. The van der Waals surface area contributed by atoms with Crippen molar-refractivity contribution in [1.82, 2.24) is 34.2 Å². The maximum atomic E-state index is 13.3. The van der Waals surface area contributed by atoms with Crippen LogP contribution in [0.3, 0.4) is 0 Å². The molecule has 45 heavy (non-hydrogen) atoms. The number of hydrogen-bond acceptors (Lipinski definition) is 8. The highest BCUT2D eigenvalue weighted by Crippen LogP contribution is 2.38. The molecule has 0 bridgehead atoms. The Morgan fingerprint density at radius 1 is 1.13 bits per heavy atom. The third-order valence-electron chi connectivity index (χ3n) is 7.68. The lowest BCUT2D eigenvalue weighted by molar-refractivity contribution is 0.0491. The summed E-state index contributed by atoms with van der Waals surface area (Å²) >= 11 is 0. The van der Waals surface area contributed by atoms with E-state index in [1.807, 2.05) is 51.2 Å². The molecule has 4 heterocycles. The van der Waals surface area contributed by atoms with Crippen LogP contribution in [0.1, 0.15) is 53.2 Å². The van der Waals surface area contributed by atoms with Crippen LogP contribution in [0.15, 0.2) is 72.3 Å². The number of amides is 1. The van der Waals surface area contributed by atoms with Crippen LogP contribution in [0.2, 0.25) is 0 Å². The molecule has 12 nitrogen and oxygen atoms in total. The van der Waals surface area contributed by atoms with Crippen LogP contribution in [-0.2, 0) is 23.4 Å². The third-order valence-corrected chi connectivity index (χ3v) is 7.68. The van der Waals surface area contributed by atoms with Gasteiger partial charge in [0.2, 0.25) is 5.95 Å². The number of nitrogens with one attached hydrogen (secondary N) is 2. The number of nitrogens with zero attached hydrogens (tertiary/aromatic N) is 6. The van der Waals surface area contributed by atoms with E-state index in [4.69, 9.17) is 9.72 Å². The lowest BCUT2D eigenvalue weighted by Crippen LogP contribution is -2.42. The van der Waals surface area contributed by atoms with E-state index in [9.17, 15) is 14.7 Å². The van der Waals surface area contributed by atoms with Crippen molar-refractivity contribution in [2.75, 3.05) is 5.32 Å². The summed E-state index contributed by atoms with van der Waals surface area (Å²) in [6.45, 7) is 13.5. The van der Waals surface area contributed by atoms with Gasteiger partial charge < -0.3 is 25.0 Å². The number of alkyl carbamates (subject to hydrolysis) is 1. The molecule has 0 spiro atoms. The fraction of sp³-hybridized carbons (Fsp3) is 0.364. The number of carbonyl (C=O) groups is 1. The Hall–Kier alpha value is -4.97. The number of fused-ring (bicyclic) bond motifs is 2. The number of hydrogen-bond donors (Lipinski definition) is 3. The summed E-state index contributed by atoms with van der Waals surface area (Å²) in [5.41, 5.74) is 0.327. The minimum atomic E-state index is -1.17. The topological polar surface area (TPSA) is 141 Å². The standard InChI is InChI=1S/C33H38N8O4/c1-7-16-40-28(42)23-19-34-29(37-27(23)41(40)26-10-8-9-25(36-26)32(5,6)44)35-22-11-12-24-21(18-22)13-17-39(24)20-33(14-15-33)38-30(43)45-31(2,3)4/h7-13,17-19,44H,1,14-16,20H2,2-6H3,(H,38,43)(H,34,35,37). The van der Waals surface area contributed by atoms with E-state index in [-0.39, 0.29) is 17.6 Å². The summed E-state index contributed by atoms with van der Waals surface area (Å²) < 4.78 is 10.7. The first kappa shape index (κ1) is 30.1. The maximum absolute atomic E-state index is 13.3. The number of aliphatic hydroxyl groups is 1. The predicted molar refractivity (Wildman–Crippen MR) is 173 cm³/mol. The van der Waals surface area contributed by atoms with Crippen molar-refractivity contribution in [2.24, 2.45) is 0 Å². The van der Waals surface area contributed by atoms with Crippen LogP contribution in [0.25, 0.3) is 27.8 Å². The molecule has 0 saturated heterocycles. The zero-order valence-electron chi connectivity index (χ0n) is 26.2. The highest BCUT2D eigenvalue weighted by Gasteiger charge is 2.45. The number of benzene rings is 1. The Labute approximate surface area is 260 Å². The molecule has 234 valence electrons. The van der Waals surface area contributed by atoms with Gasteiger partial charge in [-0.25, -0.2) is 24.1 Å². The molecule has 0 atom stereocenters. The zero-order chi connectivity index (χ0) is 32.1. The third kappa shape index (κ3) is 6.18. The maximum Gasteiger partial charge on any atom is 0.408 e. The van der Waals surface area contributed by atoms with E-state index in [1.54, 1.807) is 42.8 Å². The number of anilines is 2. The Balaban J connectivity index is 1.28. The van der Waals surface area contributed by atoms with Crippen molar-refractivity contribution in [3.63, 3.8) is 0 Å². The number of pyridine rings is 1. The van der Waals surface area contributed by atoms with Gasteiger partial charge in [0.1, 0.15) is 16.6 Å². The molecule has 3 N–H and O–H groups in total. The molecule has 1 amide bonds. The van der Waals surface area contributed by atoms with E-state index < -0.39 is 17.3 Å². The first-order valence-corrected chi connectivity index (χ1v) is 14.9. The second-order valence-corrected chi connectivity index (χ2v) is 13.1. The van der Waals surface area contributed by atoms with Crippen LogP contribution in [0.5, 0.6) is 0 Å². The molecule has 0 aliphatic heterocycles. The Morgan fingerprint density at radius 3 is 2.60 bits per heavy atom. The van der Waals surface area contributed by atoms with Gasteiger partial charge in [-0.3, -0.25) is 4.79 Å². The molecular formula is C33H38N8O4. The molecule has 0 radical (unpaired) electrons. The van der Waals surface area contributed by atoms with Gasteiger partial charge in [-0.1, -0.05) is 12.1 Å². The molecule has 1 saturated carbocycles. The predicted octanol–water partition coefficient (Wildman–Crippen LogP) is 5.15. The van der Waals surface area contributed by atoms with Gasteiger partial charge >= 0.3 is 6.09 Å². The van der Waals surface area contributed by atoms with Crippen LogP contribution >= 0.6 is 0 Å². The summed E-state index contributed by atoms with van der Waals surface area (Å²) in [5, 5.41) is 18.2. The first-order valence-electron chi connectivity index (χ1n) is 14.9. The van der Waals surface area contributed by atoms with Crippen LogP contribution < -0.4 is 16.2 Å². The smallest absolute Gasteiger partial charge is 0.408 e. The summed E-state index contributed by atoms with van der Waals surface area (Å²) in [7, 11) is 0. The molecule has 1 aliphatic rings. The normalized spacial score (nSPS) is 14.4. The Bertz CT molecular complexity index is 1990. The van der Waals surface area contributed by atoms with Gasteiger partial charge in [0.25, 0.3) is 5.56 Å². The van der Waals surface area contributed by atoms with E-state index in [0.717, 1.165) is 29.4 Å². The van der Waals surface area contributed by atoms with Crippen molar-refractivity contribution in [1.29, 1.82) is 0 Å². The zero-order valence-corrected chi connectivity index (χ0v) is 26.2. The van der Waals surface area contributed by atoms with Crippen LogP contribution in [-0.4, -0.2) is 51.2 Å². The van der Waals surface area contributed by atoms with Crippen molar-refractivity contribution < 1.29 is 14.6 Å². The van der Waals surface area contributed by atoms with Crippen LogP contribution in [0, 0.1) is 0 Å². The molecule has 1 aromatic carbocycles. The van der Waals surface area contributed by atoms with E-state index >= 15 is 0 Å². The number of allylic oxidation sites excluding steroid dienone is 1. The van der Waals surface area contributed by atoms with Crippen molar-refractivity contribution in [2.45, 2.75) is 77.3 Å². The van der Waals surface area contributed by atoms with Gasteiger partial charge in [-0.15, -0.1) is 6.58 Å². The highest BCUT2D eigenvalue weighted by atomic mass is 16.6. The molecule has 12 heteroatoms. The minimum Gasteiger partial charge on any atom is -0.444 e. The number of aromatic nitrogens is 6. The summed E-state index contributed by atoms with van der Waals surface area (Å²) in [5.74, 6) is 0.744. The molecule has 1 fully saturated rings. The fourth-order valence-electron chi connectivity index (χ4n) is 5.36. The van der Waals surface area contributed by atoms with Gasteiger partial charge in [0, 0.05) is 35.5 Å². The van der Waals surface area contributed by atoms with Crippen molar-refractivity contribution in [3.05, 3.63) is 83.6 Å². The number of carbonyl (C=O) groups excluding carboxylic acids is 1. The van der Waals surface area contributed by atoms with E-state index in [1.165, 1.54) is 10.9 Å². The monoisotopic (exact) mass is 610 g/mol. The highest BCUT2D eigenvalue weighted by molar-refractivity contribution is 5.85. The summed E-state index contributed by atoms with van der Waals surface area (Å²) in [4.78, 5) is 39.5.